The Morgan fingerprint density at radius 1 is 1.05 bits per heavy atom. The lowest BCUT2D eigenvalue weighted by Gasteiger charge is -2.25. The molecule has 0 amide bonds. The van der Waals surface area contributed by atoms with Crippen LogP contribution in [0, 0.1) is 0 Å². The van der Waals surface area contributed by atoms with Gasteiger partial charge in [-0.1, -0.05) is 69.3 Å². The molecule has 2 N–H and O–H groups in total. The fourth-order valence-electron chi connectivity index (χ4n) is 5.10. The van der Waals surface area contributed by atoms with Gasteiger partial charge in [0.15, 0.2) is 11.6 Å². The molecule has 3 aromatic rings. The minimum absolute atomic E-state index is 0.0633. The summed E-state index contributed by atoms with van der Waals surface area (Å²) in [6.07, 6.45) is 0.311. The molecule has 1 atom stereocenters. The monoisotopic (exact) mass is 509 g/mol. The van der Waals surface area contributed by atoms with Gasteiger partial charge in [0.25, 0.3) is 0 Å². The van der Waals surface area contributed by atoms with E-state index < -0.39 is 11.7 Å². The molecular formula is C29H34F3N5. The molecule has 4 rings (SSSR count). The van der Waals surface area contributed by atoms with Crippen molar-refractivity contribution in [2.24, 2.45) is 0 Å². The topological polar surface area (TPSA) is 62.7 Å². The highest BCUT2D eigenvalue weighted by molar-refractivity contribution is 5.77. The second-order valence-electron chi connectivity index (χ2n) is 9.52. The van der Waals surface area contributed by atoms with E-state index in [0.29, 0.717) is 23.1 Å². The standard InChI is InChI=1S/C29H34F3N5/c1-4-10-20(5-2)23-12-7-6-11-22(23)19(3)34-28-26(21-15-17-33-18-16-21)36-37-27(35-28)24-13-8-9-14-25(24)29(30,31)32/h6-9,11-14,20-21,33H,3-5,10,15-18H2,1-2H3,(H,34,35,37). The van der Waals surface area contributed by atoms with Crippen molar-refractivity contribution in [3.05, 3.63) is 77.5 Å². The van der Waals surface area contributed by atoms with Crippen LogP contribution < -0.4 is 10.6 Å². The summed E-state index contributed by atoms with van der Waals surface area (Å²) in [6, 6.07) is 13.5. The van der Waals surface area contributed by atoms with Gasteiger partial charge in [-0.25, -0.2) is 4.98 Å². The molecule has 2 aromatic carbocycles. The first-order valence-corrected chi connectivity index (χ1v) is 13.0. The lowest BCUT2D eigenvalue weighted by molar-refractivity contribution is -0.137. The molecule has 0 bridgehead atoms. The highest BCUT2D eigenvalue weighted by atomic mass is 19.4. The van der Waals surface area contributed by atoms with Crippen LogP contribution in [0.3, 0.4) is 0 Å². The van der Waals surface area contributed by atoms with E-state index >= 15 is 0 Å². The molecule has 8 heteroatoms. The Balaban J connectivity index is 1.76. The fourth-order valence-corrected chi connectivity index (χ4v) is 5.10. The third kappa shape index (κ3) is 6.18. The Hall–Kier alpha value is -3.26. The van der Waals surface area contributed by atoms with E-state index in [1.165, 1.54) is 17.7 Å². The minimum atomic E-state index is -4.53. The number of alkyl halides is 3. The zero-order chi connectivity index (χ0) is 26.4. The van der Waals surface area contributed by atoms with Crippen LogP contribution in [0.1, 0.15) is 80.2 Å². The predicted molar refractivity (Wildman–Crippen MR) is 142 cm³/mol. The number of nitrogens with zero attached hydrogens (tertiary/aromatic N) is 3. The van der Waals surface area contributed by atoms with Crippen molar-refractivity contribution >= 4 is 11.5 Å². The fraction of sp³-hybridized carbons (Fsp3) is 0.414. The Morgan fingerprint density at radius 3 is 2.46 bits per heavy atom. The first kappa shape index (κ1) is 26.8. The van der Waals surface area contributed by atoms with Gasteiger partial charge in [0.05, 0.1) is 5.56 Å². The number of hydrogen-bond acceptors (Lipinski definition) is 5. The van der Waals surface area contributed by atoms with Crippen molar-refractivity contribution in [3.63, 3.8) is 0 Å². The van der Waals surface area contributed by atoms with E-state index in [-0.39, 0.29) is 17.3 Å². The van der Waals surface area contributed by atoms with Crippen LogP contribution in [-0.4, -0.2) is 28.3 Å². The summed E-state index contributed by atoms with van der Waals surface area (Å²) in [5.74, 6) is 0.840. The van der Waals surface area contributed by atoms with Gasteiger partial charge in [-0.3, -0.25) is 0 Å². The molecule has 2 heterocycles. The molecule has 0 radical (unpaired) electrons. The van der Waals surface area contributed by atoms with E-state index in [1.54, 1.807) is 6.07 Å². The molecule has 1 unspecified atom stereocenters. The summed E-state index contributed by atoms with van der Waals surface area (Å²) in [7, 11) is 0. The van der Waals surface area contributed by atoms with Gasteiger partial charge in [-0.2, -0.15) is 13.2 Å². The van der Waals surface area contributed by atoms with Gasteiger partial charge in [-0.15, -0.1) is 10.2 Å². The second kappa shape index (κ2) is 11.9. The van der Waals surface area contributed by atoms with Gasteiger partial charge >= 0.3 is 6.18 Å². The molecule has 1 aliphatic heterocycles. The summed E-state index contributed by atoms with van der Waals surface area (Å²) in [5, 5.41) is 15.3. The number of anilines is 1. The van der Waals surface area contributed by atoms with Crippen LogP contribution in [0.25, 0.3) is 17.1 Å². The highest BCUT2D eigenvalue weighted by Gasteiger charge is 2.34. The molecule has 1 fully saturated rings. The third-order valence-corrected chi connectivity index (χ3v) is 7.04. The Bertz CT molecular complexity index is 1220. The molecular weight excluding hydrogens is 475 g/mol. The minimum Gasteiger partial charge on any atom is -0.339 e. The van der Waals surface area contributed by atoms with E-state index in [0.717, 1.165) is 56.8 Å². The Kier molecular flexibility index (Phi) is 8.59. The van der Waals surface area contributed by atoms with Crippen molar-refractivity contribution in [1.82, 2.24) is 20.5 Å². The average molecular weight is 510 g/mol. The first-order chi connectivity index (χ1) is 17.8. The summed E-state index contributed by atoms with van der Waals surface area (Å²) >= 11 is 0. The number of halogens is 3. The van der Waals surface area contributed by atoms with Crippen LogP contribution in [0.4, 0.5) is 19.0 Å². The van der Waals surface area contributed by atoms with Crippen LogP contribution >= 0.6 is 0 Å². The van der Waals surface area contributed by atoms with Crippen molar-refractivity contribution in [2.45, 2.75) is 64.0 Å². The lowest BCUT2D eigenvalue weighted by atomic mass is 9.87. The van der Waals surface area contributed by atoms with Crippen LogP contribution in [0.2, 0.25) is 0 Å². The normalized spacial score (nSPS) is 15.4. The van der Waals surface area contributed by atoms with Gasteiger partial charge in [-0.05, 0) is 56.3 Å². The number of nitrogens with one attached hydrogen (secondary N) is 2. The second-order valence-corrected chi connectivity index (χ2v) is 9.52. The van der Waals surface area contributed by atoms with E-state index in [9.17, 15) is 13.2 Å². The zero-order valence-electron chi connectivity index (χ0n) is 21.4. The summed E-state index contributed by atoms with van der Waals surface area (Å²) in [4.78, 5) is 4.62. The molecule has 37 heavy (non-hydrogen) atoms. The molecule has 1 aliphatic rings. The Labute approximate surface area is 216 Å². The van der Waals surface area contributed by atoms with Gasteiger partial charge in [0, 0.05) is 22.7 Å². The highest BCUT2D eigenvalue weighted by Crippen LogP contribution is 2.38. The predicted octanol–water partition coefficient (Wildman–Crippen LogP) is 7.40. The van der Waals surface area contributed by atoms with Crippen molar-refractivity contribution < 1.29 is 13.2 Å². The lowest BCUT2D eigenvalue weighted by Crippen LogP contribution is -2.28. The number of hydrogen-bond donors (Lipinski definition) is 2. The van der Waals surface area contributed by atoms with Gasteiger partial charge in [0.2, 0.25) is 0 Å². The number of aromatic nitrogens is 3. The molecule has 1 aromatic heterocycles. The smallest absolute Gasteiger partial charge is 0.339 e. The van der Waals surface area contributed by atoms with Crippen molar-refractivity contribution in [3.8, 4) is 11.4 Å². The maximum absolute atomic E-state index is 13.7. The maximum atomic E-state index is 13.7. The van der Waals surface area contributed by atoms with E-state index in [4.69, 9.17) is 0 Å². The summed E-state index contributed by atoms with van der Waals surface area (Å²) in [5.41, 5.74) is 2.62. The SMILES string of the molecule is C=C(Nc1nc(-c2ccccc2C(F)(F)F)nnc1C1CCNCC1)c1ccccc1C(CC)CCC. The number of rotatable bonds is 9. The van der Waals surface area contributed by atoms with E-state index in [2.05, 4.69) is 52.3 Å². The summed E-state index contributed by atoms with van der Waals surface area (Å²) in [6.45, 7) is 10.3. The number of piperidine rings is 1. The van der Waals surface area contributed by atoms with Crippen molar-refractivity contribution in [2.75, 3.05) is 18.4 Å². The summed E-state index contributed by atoms with van der Waals surface area (Å²) < 4.78 is 41.2. The average Bonchev–Trinajstić information content (AvgIpc) is 2.91. The Morgan fingerprint density at radius 2 is 1.76 bits per heavy atom. The van der Waals surface area contributed by atoms with Crippen LogP contribution in [-0.2, 0) is 6.18 Å². The number of benzene rings is 2. The van der Waals surface area contributed by atoms with Crippen LogP contribution in [0.15, 0.2) is 55.1 Å². The molecule has 1 saturated heterocycles. The molecule has 0 aliphatic carbocycles. The largest absolute Gasteiger partial charge is 0.417 e. The molecule has 196 valence electrons. The quantitative estimate of drug-likeness (QED) is 0.315. The van der Waals surface area contributed by atoms with E-state index in [1.807, 2.05) is 18.2 Å². The first-order valence-electron chi connectivity index (χ1n) is 13.0. The third-order valence-electron chi connectivity index (χ3n) is 7.04. The zero-order valence-corrected chi connectivity index (χ0v) is 21.4. The van der Waals surface area contributed by atoms with Crippen molar-refractivity contribution in [1.29, 1.82) is 0 Å². The molecule has 0 spiro atoms. The van der Waals surface area contributed by atoms with Crippen LogP contribution in [0.5, 0.6) is 0 Å². The molecule has 5 nitrogen and oxygen atoms in total. The van der Waals surface area contributed by atoms with Gasteiger partial charge < -0.3 is 10.6 Å². The molecule has 0 saturated carbocycles. The maximum Gasteiger partial charge on any atom is 0.417 e. The van der Waals surface area contributed by atoms with Gasteiger partial charge in [0.1, 0.15) is 5.69 Å².